The van der Waals surface area contributed by atoms with Gasteiger partial charge in [-0.15, -0.1) is 0 Å². The Kier molecular flexibility index (Phi) is 8.19. The monoisotopic (exact) mass is 667 g/mol. The normalized spacial score (nSPS) is 33.2. The molecule has 0 N–H and O–H groups in total. The number of hydrogen-bond donors (Lipinski definition) is 0. The topological polar surface area (TPSA) is 133 Å². The van der Waals surface area contributed by atoms with Crippen LogP contribution in [0.1, 0.15) is 62.3 Å². The number of carbonyl (C=O) groups excluding carboxylic acids is 4. The fourth-order valence-electron chi connectivity index (χ4n) is 7.81. The molecule has 0 spiro atoms. The molecule has 2 aromatic carbocycles. The van der Waals surface area contributed by atoms with E-state index in [9.17, 15) is 19.2 Å². The van der Waals surface area contributed by atoms with Crippen LogP contribution in [0.15, 0.2) is 60.7 Å². The number of ether oxygens (including phenoxy) is 3. The smallest absolute Gasteiger partial charge is 0.598 e. The second-order valence-electron chi connectivity index (χ2n) is 15.1. The SMILES string of the molecule is CC(C)(C)[Si]1(C(C)(C)C)OC[C@H]2O[C@@H]([B-]34OC(=O)C[N+]3(C)CC(=O)O4)[C@H](OC(=O)c3ccccc3)[C@@H](OC(=O)c3ccccc3)[C@@H]2O1. The third kappa shape index (κ3) is 5.49. The van der Waals surface area contributed by atoms with Crippen LogP contribution in [0.2, 0.25) is 10.1 Å². The van der Waals surface area contributed by atoms with Gasteiger partial charge < -0.3 is 36.8 Å². The lowest BCUT2D eigenvalue weighted by Crippen LogP contribution is -2.78. The van der Waals surface area contributed by atoms with Gasteiger partial charge >= 0.3 is 39.1 Å². The molecule has 4 aliphatic heterocycles. The van der Waals surface area contributed by atoms with Crippen LogP contribution in [0.25, 0.3) is 0 Å². The number of likely N-dealkylation sites (N-methyl/N-ethyl adjacent to an activating group) is 1. The molecule has 4 fully saturated rings. The Morgan fingerprint density at radius 1 is 0.787 bits per heavy atom. The Hall–Kier alpha value is -3.56. The van der Waals surface area contributed by atoms with E-state index in [0.29, 0.717) is 0 Å². The molecule has 0 aliphatic carbocycles. The van der Waals surface area contributed by atoms with Gasteiger partial charge in [-0.2, -0.15) is 0 Å². The minimum atomic E-state index is -3.20. The summed E-state index contributed by atoms with van der Waals surface area (Å²) in [6, 6.07) is 15.4. The quantitative estimate of drug-likeness (QED) is 0.342. The van der Waals surface area contributed by atoms with Gasteiger partial charge in [0.2, 0.25) is 0 Å². The first-order valence-corrected chi connectivity index (χ1v) is 17.7. The van der Waals surface area contributed by atoms with Gasteiger partial charge in [0, 0.05) is 17.1 Å². The molecule has 47 heavy (non-hydrogen) atoms. The third-order valence-electron chi connectivity index (χ3n) is 9.77. The summed E-state index contributed by atoms with van der Waals surface area (Å²) in [6.45, 7) is 9.08. The number of hydrogen-bond acceptors (Lipinski definition) is 11. The van der Waals surface area contributed by atoms with Crippen LogP contribution in [0.4, 0.5) is 0 Å². The fourth-order valence-corrected chi connectivity index (χ4v) is 12.8. The molecule has 0 aromatic heterocycles. The summed E-state index contributed by atoms with van der Waals surface area (Å²) in [5.74, 6) is -2.61. The molecule has 4 heterocycles. The summed E-state index contributed by atoms with van der Waals surface area (Å²) in [4.78, 5) is 53.4. The molecule has 6 rings (SSSR count). The highest BCUT2D eigenvalue weighted by Gasteiger charge is 2.76. The van der Waals surface area contributed by atoms with Gasteiger partial charge in [-0.3, -0.25) is 9.59 Å². The largest absolute Gasteiger partial charge is 0.615 e. The number of esters is 2. The van der Waals surface area contributed by atoms with Crippen LogP contribution in [0.5, 0.6) is 0 Å². The minimum Gasteiger partial charge on any atom is -0.598 e. The molecule has 252 valence electrons. The predicted octanol–water partition coefficient (Wildman–Crippen LogP) is 3.70. The molecule has 0 amide bonds. The second-order valence-corrected chi connectivity index (χ2v) is 19.9. The summed E-state index contributed by atoms with van der Waals surface area (Å²) < 4.78 is 44.5. The van der Waals surface area contributed by atoms with Crippen LogP contribution in [0, 0.1) is 0 Å². The van der Waals surface area contributed by atoms with E-state index in [0.717, 1.165) is 0 Å². The zero-order chi connectivity index (χ0) is 34.0. The number of benzene rings is 2. The highest BCUT2D eigenvalue weighted by atomic mass is 28.4. The van der Waals surface area contributed by atoms with Crippen LogP contribution >= 0.6 is 0 Å². The highest BCUT2D eigenvalue weighted by Crippen LogP contribution is 2.56. The predicted molar refractivity (Wildman–Crippen MR) is 170 cm³/mol. The maximum Gasteiger partial charge on any atom is 0.615 e. The lowest BCUT2D eigenvalue weighted by Gasteiger charge is -2.59. The Labute approximate surface area is 275 Å². The van der Waals surface area contributed by atoms with Crippen LogP contribution < -0.4 is 0 Å². The average Bonchev–Trinajstić information content (AvgIpc) is 3.40. The third-order valence-corrected chi connectivity index (χ3v) is 14.9. The van der Waals surface area contributed by atoms with Crippen LogP contribution in [0.3, 0.4) is 0 Å². The summed E-state index contributed by atoms with van der Waals surface area (Å²) in [5.41, 5.74) is 0.503. The molecule has 5 atom stereocenters. The van der Waals surface area contributed by atoms with Crippen molar-refractivity contribution in [3.8, 4) is 0 Å². The van der Waals surface area contributed by atoms with E-state index >= 15 is 0 Å². The van der Waals surface area contributed by atoms with Gasteiger partial charge in [-0.25, -0.2) is 9.59 Å². The van der Waals surface area contributed by atoms with Crippen LogP contribution in [-0.4, -0.2) is 101 Å². The summed E-state index contributed by atoms with van der Waals surface area (Å²) >= 11 is 0. The second kappa shape index (κ2) is 11.5. The summed E-state index contributed by atoms with van der Waals surface area (Å²) in [5, 5.41) is -0.894. The van der Waals surface area contributed by atoms with E-state index in [4.69, 9.17) is 32.4 Å². The van der Waals surface area contributed by atoms with Crippen molar-refractivity contribution in [3.05, 3.63) is 71.8 Å². The van der Waals surface area contributed by atoms with Gasteiger partial charge in [0.05, 0.1) is 17.7 Å². The molecular weight excluding hydrogens is 625 g/mol. The summed E-state index contributed by atoms with van der Waals surface area (Å²) in [7, 11) is -1.54. The maximum absolute atomic E-state index is 13.8. The minimum absolute atomic E-state index is 0.0540. The van der Waals surface area contributed by atoms with Gasteiger partial charge in [0.25, 0.3) is 0 Å². The average molecular weight is 668 g/mol. The molecule has 14 heteroatoms. The standard InChI is InChI=1S/C33H42BNO11Si/c1-32(2,3)47(33(4,5)6)40-20-23-26(46-47)27(42-30(38)21-14-10-8-11-15-21)28(43-31(39)22-16-12-9-13-17-22)29(41-23)34-35(7,18-24(36)44-34)19-25(37)45-34/h8-17,23,26-29H,18-20H2,1-7H3/t23-,26-,27+,28-,29-,34?,35?/m1/s1. The Morgan fingerprint density at radius 3 is 1.72 bits per heavy atom. The van der Waals surface area contributed by atoms with Gasteiger partial charge in [-0.05, 0) is 24.3 Å². The number of carbonyl (C=O) groups is 4. The molecule has 0 unspecified atom stereocenters. The van der Waals surface area contributed by atoms with Crippen molar-refractivity contribution >= 4 is 39.1 Å². The van der Waals surface area contributed by atoms with Crippen molar-refractivity contribution in [2.24, 2.45) is 0 Å². The van der Waals surface area contributed by atoms with Crippen molar-refractivity contribution < 1.29 is 55.9 Å². The molecule has 0 radical (unpaired) electrons. The Balaban J connectivity index is 1.50. The molecular formula is C33H42BNO11Si. The first-order valence-electron chi connectivity index (χ1n) is 15.9. The molecule has 0 saturated carbocycles. The van der Waals surface area contributed by atoms with E-state index < -0.39 is 79.6 Å². The first-order chi connectivity index (χ1) is 22.0. The highest BCUT2D eigenvalue weighted by molar-refractivity contribution is 6.73. The number of nitrogens with zero attached hydrogens (tertiary/aromatic N) is 1. The fraction of sp³-hybridized carbons (Fsp3) is 0.515. The molecule has 4 aliphatic rings. The molecule has 2 aromatic rings. The van der Waals surface area contributed by atoms with Gasteiger partial charge in [0.1, 0.15) is 37.4 Å². The van der Waals surface area contributed by atoms with E-state index in [2.05, 4.69) is 41.5 Å². The zero-order valence-corrected chi connectivity index (χ0v) is 28.8. The number of fused-ring (bicyclic) bond motifs is 2. The van der Waals surface area contributed by atoms with Crippen molar-refractivity contribution in [2.45, 2.75) is 82.0 Å². The number of rotatable bonds is 5. The Morgan fingerprint density at radius 2 is 1.26 bits per heavy atom. The van der Waals surface area contributed by atoms with Crippen LogP contribution in [-0.2, 0) is 42.0 Å². The van der Waals surface area contributed by atoms with Crippen molar-refractivity contribution in [3.63, 3.8) is 0 Å². The lowest BCUT2D eigenvalue weighted by molar-refractivity contribution is -0.796. The molecule has 12 nitrogen and oxygen atoms in total. The van der Waals surface area contributed by atoms with Crippen molar-refractivity contribution in [2.75, 3.05) is 26.7 Å². The lowest BCUT2D eigenvalue weighted by atomic mass is 9.58. The Bertz CT molecular complexity index is 1520. The molecule has 4 saturated heterocycles. The van der Waals surface area contributed by atoms with Gasteiger partial charge in [-0.1, -0.05) is 77.9 Å². The van der Waals surface area contributed by atoms with Crippen molar-refractivity contribution in [1.29, 1.82) is 0 Å². The van der Waals surface area contributed by atoms with Gasteiger partial charge in [0.15, 0.2) is 6.10 Å². The zero-order valence-electron chi connectivity index (χ0n) is 27.8. The van der Waals surface area contributed by atoms with E-state index in [1.54, 1.807) is 67.7 Å². The van der Waals surface area contributed by atoms with Crippen molar-refractivity contribution in [1.82, 2.24) is 0 Å². The van der Waals surface area contributed by atoms with E-state index in [1.807, 2.05) is 0 Å². The number of quaternary nitrogens is 1. The summed E-state index contributed by atoms with van der Waals surface area (Å²) in [6.07, 6.45) is -4.51. The molecule has 0 bridgehead atoms. The first kappa shape index (κ1) is 33.3. The maximum atomic E-state index is 13.8. The van der Waals surface area contributed by atoms with E-state index in [-0.39, 0.29) is 35.2 Å². The van der Waals surface area contributed by atoms with E-state index in [1.165, 1.54) is 0 Å².